The minimum absolute atomic E-state index is 0. The molecule has 1 heterocycles. The molecular formula is C12H17ClN2O2. The fourth-order valence-corrected chi connectivity index (χ4v) is 1.81. The number of benzene rings is 1. The summed E-state index contributed by atoms with van der Waals surface area (Å²) >= 11 is 0. The molecule has 2 N–H and O–H groups in total. The minimum atomic E-state index is -0.00998. The van der Waals surface area contributed by atoms with Gasteiger partial charge in [0.2, 0.25) is 5.91 Å². The molecule has 1 atom stereocenters. The Morgan fingerprint density at radius 3 is 2.65 bits per heavy atom. The molecule has 1 aromatic carbocycles. The highest BCUT2D eigenvalue weighted by molar-refractivity contribution is 5.85. The maximum Gasteiger partial charge on any atom is 0.224 e. The summed E-state index contributed by atoms with van der Waals surface area (Å²) in [5.41, 5.74) is 5.70. The lowest BCUT2D eigenvalue weighted by molar-refractivity contribution is -0.128. The van der Waals surface area contributed by atoms with E-state index in [0.29, 0.717) is 26.1 Å². The summed E-state index contributed by atoms with van der Waals surface area (Å²) in [6, 6.07) is 9.58. The minimum Gasteiger partial charge on any atom is -0.492 e. The highest BCUT2D eigenvalue weighted by Crippen LogP contribution is 2.10. The molecule has 0 spiro atoms. The number of amides is 1. The van der Waals surface area contributed by atoms with E-state index in [1.54, 1.807) is 4.90 Å². The van der Waals surface area contributed by atoms with E-state index in [4.69, 9.17) is 10.5 Å². The SMILES string of the molecule is Cl.NC1CC(=O)N(CCOc2ccccc2)C1. The molecule has 94 valence electrons. The second-order valence-corrected chi connectivity index (χ2v) is 3.97. The van der Waals surface area contributed by atoms with E-state index >= 15 is 0 Å². The molecule has 1 aliphatic heterocycles. The van der Waals surface area contributed by atoms with Crippen molar-refractivity contribution in [1.29, 1.82) is 0 Å². The van der Waals surface area contributed by atoms with Crippen molar-refractivity contribution in [3.63, 3.8) is 0 Å². The third-order valence-corrected chi connectivity index (χ3v) is 2.62. The predicted octanol–water partition coefficient (Wildman–Crippen LogP) is 1.05. The molecule has 1 saturated heterocycles. The van der Waals surface area contributed by atoms with E-state index < -0.39 is 0 Å². The molecule has 1 aromatic rings. The average Bonchev–Trinajstić information content (AvgIpc) is 2.59. The summed E-state index contributed by atoms with van der Waals surface area (Å²) in [7, 11) is 0. The van der Waals surface area contributed by atoms with Gasteiger partial charge < -0.3 is 15.4 Å². The van der Waals surface area contributed by atoms with Gasteiger partial charge in [-0.05, 0) is 12.1 Å². The van der Waals surface area contributed by atoms with Crippen LogP contribution in [-0.4, -0.2) is 36.5 Å². The highest BCUT2D eigenvalue weighted by atomic mass is 35.5. The number of ether oxygens (including phenoxy) is 1. The topological polar surface area (TPSA) is 55.6 Å². The third-order valence-electron chi connectivity index (χ3n) is 2.62. The summed E-state index contributed by atoms with van der Waals surface area (Å²) < 4.78 is 5.52. The van der Waals surface area contributed by atoms with Crippen LogP contribution < -0.4 is 10.5 Å². The summed E-state index contributed by atoms with van der Waals surface area (Å²) in [6.07, 6.45) is 0.464. The van der Waals surface area contributed by atoms with Gasteiger partial charge in [-0.1, -0.05) is 18.2 Å². The number of likely N-dealkylation sites (tertiary alicyclic amines) is 1. The van der Waals surface area contributed by atoms with Gasteiger partial charge in [0.15, 0.2) is 0 Å². The molecule has 17 heavy (non-hydrogen) atoms. The van der Waals surface area contributed by atoms with Gasteiger partial charge in [-0.15, -0.1) is 12.4 Å². The Bertz CT molecular complexity index is 359. The molecular weight excluding hydrogens is 240 g/mol. The third kappa shape index (κ3) is 3.91. The standard InChI is InChI=1S/C12H16N2O2.ClH/c13-10-8-12(15)14(9-10)6-7-16-11-4-2-1-3-5-11;/h1-5,10H,6-9,13H2;1H. The molecule has 1 aliphatic rings. The summed E-state index contributed by atoms with van der Waals surface area (Å²) in [5, 5.41) is 0. The Labute approximate surface area is 107 Å². The fraction of sp³-hybridized carbons (Fsp3) is 0.417. The molecule has 0 radical (unpaired) electrons. The summed E-state index contributed by atoms with van der Waals surface area (Å²) in [5.74, 6) is 0.961. The van der Waals surface area contributed by atoms with Crippen molar-refractivity contribution in [2.24, 2.45) is 5.73 Å². The first-order valence-electron chi connectivity index (χ1n) is 5.47. The van der Waals surface area contributed by atoms with Gasteiger partial charge in [0, 0.05) is 19.0 Å². The van der Waals surface area contributed by atoms with Crippen LogP contribution in [0.1, 0.15) is 6.42 Å². The number of nitrogens with two attached hydrogens (primary N) is 1. The molecule has 0 aromatic heterocycles. The molecule has 1 fully saturated rings. The second-order valence-electron chi connectivity index (χ2n) is 3.97. The van der Waals surface area contributed by atoms with Crippen LogP contribution in [0, 0.1) is 0 Å². The Kier molecular flexibility index (Phi) is 5.25. The van der Waals surface area contributed by atoms with Crippen LogP contribution in [0.4, 0.5) is 0 Å². The van der Waals surface area contributed by atoms with Gasteiger partial charge in [0.25, 0.3) is 0 Å². The average molecular weight is 257 g/mol. The first kappa shape index (κ1) is 13.8. The van der Waals surface area contributed by atoms with E-state index in [1.165, 1.54) is 0 Å². The van der Waals surface area contributed by atoms with Crippen LogP contribution >= 0.6 is 12.4 Å². The second kappa shape index (κ2) is 6.47. The van der Waals surface area contributed by atoms with Crippen LogP contribution in [-0.2, 0) is 4.79 Å². The van der Waals surface area contributed by atoms with Crippen molar-refractivity contribution in [2.75, 3.05) is 19.7 Å². The van der Waals surface area contributed by atoms with Crippen molar-refractivity contribution in [1.82, 2.24) is 4.90 Å². The normalized spacial score (nSPS) is 19.0. The van der Waals surface area contributed by atoms with Crippen LogP contribution in [0.3, 0.4) is 0 Å². The van der Waals surface area contributed by atoms with Gasteiger partial charge in [0.1, 0.15) is 12.4 Å². The zero-order valence-electron chi connectivity index (χ0n) is 9.54. The first-order chi connectivity index (χ1) is 7.75. The van der Waals surface area contributed by atoms with Crippen LogP contribution in [0.2, 0.25) is 0 Å². The largest absolute Gasteiger partial charge is 0.492 e. The number of halogens is 1. The molecule has 1 amide bonds. The molecule has 1 unspecified atom stereocenters. The zero-order valence-corrected chi connectivity index (χ0v) is 10.4. The van der Waals surface area contributed by atoms with E-state index in [-0.39, 0.29) is 24.4 Å². The number of para-hydroxylation sites is 1. The van der Waals surface area contributed by atoms with Crippen molar-refractivity contribution in [2.45, 2.75) is 12.5 Å². The lowest BCUT2D eigenvalue weighted by atomic mass is 10.3. The number of nitrogens with zero attached hydrogens (tertiary/aromatic N) is 1. The molecule has 0 bridgehead atoms. The van der Waals surface area contributed by atoms with Crippen molar-refractivity contribution >= 4 is 18.3 Å². The lowest BCUT2D eigenvalue weighted by Crippen LogP contribution is -2.31. The van der Waals surface area contributed by atoms with Crippen molar-refractivity contribution in [3.05, 3.63) is 30.3 Å². The molecule has 5 heteroatoms. The molecule has 0 aliphatic carbocycles. The highest BCUT2D eigenvalue weighted by Gasteiger charge is 2.26. The Morgan fingerprint density at radius 1 is 1.35 bits per heavy atom. The van der Waals surface area contributed by atoms with Gasteiger partial charge in [-0.3, -0.25) is 4.79 Å². The predicted molar refractivity (Wildman–Crippen MR) is 68.4 cm³/mol. The quantitative estimate of drug-likeness (QED) is 0.876. The monoisotopic (exact) mass is 256 g/mol. The maximum absolute atomic E-state index is 11.4. The molecule has 4 nitrogen and oxygen atoms in total. The first-order valence-corrected chi connectivity index (χ1v) is 5.47. The Morgan fingerprint density at radius 2 is 2.06 bits per heavy atom. The summed E-state index contributed by atoms with van der Waals surface area (Å²) in [6.45, 7) is 1.78. The number of carbonyl (C=O) groups is 1. The number of hydrogen-bond acceptors (Lipinski definition) is 3. The van der Waals surface area contributed by atoms with Crippen molar-refractivity contribution < 1.29 is 9.53 Å². The molecule has 2 rings (SSSR count). The number of hydrogen-bond donors (Lipinski definition) is 1. The Hall–Kier alpha value is -1.26. The van der Waals surface area contributed by atoms with E-state index in [0.717, 1.165) is 5.75 Å². The van der Waals surface area contributed by atoms with Crippen LogP contribution in [0.25, 0.3) is 0 Å². The lowest BCUT2D eigenvalue weighted by Gasteiger charge is -2.16. The van der Waals surface area contributed by atoms with E-state index in [2.05, 4.69) is 0 Å². The van der Waals surface area contributed by atoms with Gasteiger partial charge >= 0.3 is 0 Å². The number of rotatable bonds is 4. The van der Waals surface area contributed by atoms with E-state index in [1.807, 2.05) is 30.3 Å². The van der Waals surface area contributed by atoms with Gasteiger partial charge in [-0.25, -0.2) is 0 Å². The van der Waals surface area contributed by atoms with E-state index in [9.17, 15) is 4.79 Å². The summed E-state index contributed by atoms with van der Waals surface area (Å²) in [4.78, 5) is 13.2. The Balaban J connectivity index is 0.00000144. The van der Waals surface area contributed by atoms with Gasteiger partial charge in [-0.2, -0.15) is 0 Å². The molecule has 0 saturated carbocycles. The van der Waals surface area contributed by atoms with Crippen molar-refractivity contribution in [3.8, 4) is 5.75 Å². The van der Waals surface area contributed by atoms with Gasteiger partial charge in [0.05, 0.1) is 6.54 Å². The fourth-order valence-electron chi connectivity index (χ4n) is 1.81. The smallest absolute Gasteiger partial charge is 0.224 e. The number of carbonyl (C=O) groups excluding carboxylic acids is 1. The van der Waals surface area contributed by atoms with Crippen LogP contribution in [0.5, 0.6) is 5.75 Å². The maximum atomic E-state index is 11.4. The van der Waals surface area contributed by atoms with Crippen LogP contribution in [0.15, 0.2) is 30.3 Å². The zero-order chi connectivity index (χ0) is 11.4.